The van der Waals surface area contributed by atoms with E-state index >= 15 is 0 Å². The van der Waals surface area contributed by atoms with Gasteiger partial charge < -0.3 is 20.0 Å². The van der Waals surface area contributed by atoms with E-state index in [0.29, 0.717) is 18.8 Å². The standard InChI is InChI=1S/C17H21BrN4O2.HI/c1-19-17(22(2)12-13-6-3-4-7-14(13)18)21-10-9-20-16(23)15-8-5-11-24-15;/h3-8,11H,9-10,12H2,1-2H3,(H,19,21)(H,20,23);1H. The monoisotopic (exact) mass is 520 g/mol. The van der Waals surface area contributed by atoms with E-state index in [9.17, 15) is 4.79 Å². The first-order valence-corrected chi connectivity index (χ1v) is 8.38. The molecule has 8 heteroatoms. The smallest absolute Gasteiger partial charge is 0.287 e. The Morgan fingerprint density at radius 3 is 2.56 bits per heavy atom. The number of nitrogens with zero attached hydrogens (tertiary/aromatic N) is 2. The van der Waals surface area contributed by atoms with Crippen molar-refractivity contribution in [3.05, 3.63) is 58.5 Å². The summed E-state index contributed by atoms with van der Waals surface area (Å²) in [7, 11) is 3.70. The molecule has 0 spiro atoms. The number of furan rings is 1. The minimum atomic E-state index is -0.224. The highest BCUT2D eigenvalue weighted by atomic mass is 127. The fourth-order valence-corrected chi connectivity index (χ4v) is 2.60. The number of halogens is 2. The predicted molar refractivity (Wildman–Crippen MR) is 113 cm³/mol. The molecule has 0 aliphatic carbocycles. The number of rotatable bonds is 6. The molecule has 1 heterocycles. The topological polar surface area (TPSA) is 69.9 Å². The van der Waals surface area contributed by atoms with E-state index in [1.165, 1.54) is 11.8 Å². The van der Waals surface area contributed by atoms with Crippen LogP contribution in [0.25, 0.3) is 0 Å². The quantitative estimate of drug-likeness (QED) is 0.266. The summed E-state index contributed by atoms with van der Waals surface area (Å²) in [6.45, 7) is 1.76. The Balaban J connectivity index is 0.00000312. The minimum absolute atomic E-state index is 0. The zero-order chi connectivity index (χ0) is 17.4. The first kappa shape index (κ1) is 21.5. The molecule has 25 heavy (non-hydrogen) atoms. The third kappa shape index (κ3) is 6.69. The first-order valence-electron chi connectivity index (χ1n) is 7.58. The van der Waals surface area contributed by atoms with E-state index in [1.54, 1.807) is 19.2 Å². The summed E-state index contributed by atoms with van der Waals surface area (Å²) >= 11 is 3.55. The fraction of sp³-hybridized carbons (Fsp3) is 0.294. The molecule has 136 valence electrons. The Morgan fingerprint density at radius 1 is 1.20 bits per heavy atom. The van der Waals surface area contributed by atoms with E-state index in [4.69, 9.17) is 4.42 Å². The van der Waals surface area contributed by atoms with Crippen LogP contribution < -0.4 is 10.6 Å². The van der Waals surface area contributed by atoms with Crippen molar-refractivity contribution in [3.63, 3.8) is 0 Å². The largest absolute Gasteiger partial charge is 0.459 e. The van der Waals surface area contributed by atoms with Crippen molar-refractivity contribution < 1.29 is 9.21 Å². The Bertz CT molecular complexity index is 692. The van der Waals surface area contributed by atoms with Crippen LogP contribution in [0.1, 0.15) is 16.1 Å². The number of carbonyl (C=O) groups excluding carboxylic acids is 1. The number of hydrogen-bond acceptors (Lipinski definition) is 3. The second kappa shape index (κ2) is 11.1. The molecule has 1 aromatic carbocycles. The minimum Gasteiger partial charge on any atom is -0.459 e. The zero-order valence-corrected chi connectivity index (χ0v) is 18.1. The Morgan fingerprint density at radius 2 is 1.92 bits per heavy atom. The molecule has 0 aliphatic rings. The summed E-state index contributed by atoms with van der Waals surface area (Å²) in [6.07, 6.45) is 1.48. The summed E-state index contributed by atoms with van der Waals surface area (Å²) < 4.78 is 6.11. The summed E-state index contributed by atoms with van der Waals surface area (Å²) in [5, 5.41) is 6.01. The van der Waals surface area contributed by atoms with E-state index < -0.39 is 0 Å². The van der Waals surface area contributed by atoms with Crippen LogP contribution in [0.5, 0.6) is 0 Å². The van der Waals surface area contributed by atoms with Crippen molar-refractivity contribution >= 4 is 51.8 Å². The van der Waals surface area contributed by atoms with Crippen molar-refractivity contribution in [3.8, 4) is 0 Å². The second-order valence-corrected chi connectivity index (χ2v) is 6.01. The summed E-state index contributed by atoms with van der Waals surface area (Å²) in [5.41, 5.74) is 1.18. The molecule has 0 atom stereocenters. The lowest BCUT2D eigenvalue weighted by Gasteiger charge is -2.22. The number of aliphatic imine (C=N–C) groups is 1. The molecule has 2 rings (SSSR count). The average molecular weight is 521 g/mol. The lowest BCUT2D eigenvalue weighted by molar-refractivity contribution is 0.0926. The van der Waals surface area contributed by atoms with Crippen LogP contribution in [-0.2, 0) is 6.54 Å². The van der Waals surface area contributed by atoms with Gasteiger partial charge in [0, 0.05) is 38.2 Å². The molecule has 0 bridgehead atoms. The molecule has 1 amide bonds. The molecular formula is C17H22BrIN4O2. The molecule has 2 aromatic rings. The van der Waals surface area contributed by atoms with Gasteiger partial charge in [0.2, 0.25) is 0 Å². The van der Waals surface area contributed by atoms with Crippen LogP contribution in [0, 0.1) is 0 Å². The molecule has 0 saturated carbocycles. The SMILES string of the molecule is CN=C(NCCNC(=O)c1ccco1)N(C)Cc1ccccc1Br.I. The number of benzene rings is 1. The van der Waals surface area contributed by atoms with E-state index in [2.05, 4.69) is 37.6 Å². The van der Waals surface area contributed by atoms with Crippen molar-refractivity contribution in [2.24, 2.45) is 4.99 Å². The maximum Gasteiger partial charge on any atom is 0.287 e. The molecule has 1 aromatic heterocycles. The maximum absolute atomic E-state index is 11.8. The molecule has 0 radical (unpaired) electrons. The summed E-state index contributed by atoms with van der Waals surface area (Å²) in [5.74, 6) is 0.849. The van der Waals surface area contributed by atoms with Crippen LogP contribution in [0.2, 0.25) is 0 Å². The lowest BCUT2D eigenvalue weighted by Crippen LogP contribution is -2.42. The van der Waals surface area contributed by atoms with Gasteiger partial charge in [0.1, 0.15) is 0 Å². The zero-order valence-electron chi connectivity index (χ0n) is 14.2. The number of guanidine groups is 1. The molecule has 0 aliphatic heterocycles. The average Bonchev–Trinajstić information content (AvgIpc) is 3.11. The van der Waals surface area contributed by atoms with E-state index in [1.807, 2.05) is 30.1 Å². The molecular weight excluding hydrogens is 499 g/mol. The van der Waals surface area contributed by atoms with Crippen molar-refractivity contribution in [1.82, 2.24) is 15.5 Å². The number of carbonyl (C=O) groups is 1. The highest BCUT2D eigenvalue weighted by Crippen LogP contribution is 2.17. The maximum atomic E-state index is 11.8. The predicted octanol–water partition coefficient (Wildman–Crippen LogP) is 3.10. The molecule has 6 nitrogen and oxygen atoms in total. The van der Waals surface area contributed by atoms with Crippen molar-refractivity contribution in [1.29, 1.82) is 0 Å². The fourth-order valence-electron chi connectivity index (χ4n) is 2.19. The third-order valence-electron chi connectivity index (χ3n) is 3.38. The number of nitrogens with one attached hydrogen (secondary N) is 2. The molecule has 0 fully saturated rings. The number of amides is 1. The molecule has 0 saturated heterocycles. The van der Waals surface area contributed by atoms with Gasteiger partial charge in [-0.3, -0.25) is 9.79 Å². The highest BCUT2D eigenvalue weighted by Gasteiger charge is 2.09. The van der Waals surface area contributed by atoms with Crippen molar-refractivity contribution in [2.75, 3.05) is 27.2 Å². The van der Waals surface area contributed by atoms with E-state index in [-0.39, 0.29) is 29.9 Å². The Hall–Kier alpha value is -1.55. The normalized spacial score (nSPS) is 10.8. The van der Waals surface area contributed by atoms with Gasteiger partial charge in [-0.25, -0.2) is 0 Å². The highest BCUT2D eigenvalue weighted by molar-refractivity contribution is 14.0. The van der Waals surface area contributed by atoms with Gasteiger partial charge in [-0.15, -0.1) is 24.0 Å². The molecule has 2 N–H and O–H groups in total. The van der Waals surface area contributed by atoms with Gasteiger partial charge in [0.25, 0.3) is 5.91 Å². The van der Waals surface area contributed by atoms with Crippen LogP contribution in [0.3, 0.4) is 0 Å². The van der Waals surface area contributed by atoms with Crippen LogP contribution in [0.15, 0.2) is 56.5 Å². The van der Waals surface area contributed by atoms with Gasteiger partial charge in [0.15, 0.2) is 11.7 Å². The van der Waals surface area contributed by atoms with Gasteiger partial charge in [-0.05, 0) is 23.8 Å². The first-order chi connectivity index (χ1) is 11.6. The van der Waals surface area contributed by atoms with Crippen LogP contribution in [0.4, 0.5) is 0 Å². The Kier molecular flexibility index (Phi) is 9.58. The van der Waals surface area contributed by atoms with Gasteiger partial charge in [0.05, 0.1) is 6.26 Å². The van der Waals surface area contributed by atoms with Crippen LogP contribution in [-0.4, -0.2) is 44.0 Å². The summed E-state index contributed by atoms with van der Waals surface area (Å²) in [6, 6.07) is 11.4. The van der Waals surface area contributed by atoms with Crippen LogP contribution >= 0.6 is 39.9 Å². The van der Waals surface area contributed by atoms with Gasteiger partial charge in [-0.1, -0.05) is 34.1 Å². The second-order valence-electron chi connectivity index (χ2n) is 5.15. The lowest BCUT2D eigenvalue weighted by atomic mass is 10.2. The number of hydrogen-bond donors (Lipinski definition) is 2. The van der Waals surface area contributed by atoms with Crippen molar-refractivity contribution in [2.45, 2.75) is 6.54 Å². The summed E-state index contributed by atoms with van der Waals surface area (Å²) in [4.78, 5) is 18.0. The Labute approximate surface area is 173 Å². The van der Waals surface area contributed by atoms with Gasteiger partial charge in [-0.2, -0.15) is 0 Å². The third-order valence-corrected chi connectivity index (χ3v) is 4.15. The van der Waals surface area contributed by atoms with Gasteiger partial charge >= 0.3 is 0 Å². The van der Waals surface area contributed by atoms with E-state index in [0.717, 1.165) is 17.0 Å². The molecule has 0 unspecified atom stereocenters.